The molecule has 0 saturated heterocycles. The van der Waals surface area contributed by atoms with Crippen LogP contribution < -0.4 is 0 Å². The summed E-state index contributed by atoms with van der Waals surface area (Å²) in [5.41, 5.74) is 0.592. The van der Waals surface area contributed by atoms with E-state index in [0.29, 0.717) is 10.6 Å². The third-order valence-corrected chi connectivity index (χ3v) is 6.66. The Kier molecular flexibility index (Phi) is 7.19. The molecule has 3 rings (SSSR count). The highest BCUT2D eigenvalue weighted by Gasteiger charge is 2.31. The van der Waals surface area contributed by atoms with E-state index in [2.05, 4.69) is 12.7 Å². The molecule has 26 heavy (non-hydrogen) atoms. The van der Waals surface area contributed by atoms with Crippen LogP contribution in [0.15, 0.2) is 36.9 Å². The average molecular weight is 375 g/mol. The molecule has 0 N–H and O–H groups in total. The van der Waals surface area contributed by atoms with Crippen molar-refractivity contribution in [3.8, 4) is 0 Å². The van der Waals surface area contributed by atoms with Gasteiger partial charge >= 0.3 is 5.97 Å². The molecule has 0 heterocycles. The van der Waals surface area contributed by atoms with E-state index in [9.17, 15) is 4.79 Å². The smallest absolute Gasteiger partial charge is 0.338 e. The standard InChI is InChI=1S/C23H31ClO2/c1-2-3-4-17-5-7-18(8-6-17)19-11-15-22(16-12-19)26-23(25)20-9-13-21(24)14-10-20/h2,9-10,13-14,17-19,22H,1,3-8,11-12,15-16H2/t17-,18-,19?,22?. The Morgan fingerprint density at radius 2 is 1.58 bits per heavy atom. The van der Waals surface area contributed by atoms with E-state index in [4.69, 9.17) is 16.3 Å². The minimum Gasteiger partial charge on any atom is -0.459 e. The molecule has 2 saturated carbocycles. The van der Waals surface area contributed by atoms with E-state index >= 15 is 0 Å². The molecule has 142 valence electrons. The highest BCUT2D eigenvalue weighted by Crippen LogP contribution is 2.41. The number of allylic oxidation sites excluding steroid dienone is 1. The molecule has 2 nitrogen and oxygen atoms in total. The minimum atomic E-state index is -0.215. The van der Waals surface area contributed by atoms with Crippen molar-refractivity contribution in [3.63, 3.8) is 0 Å². The van der Waals surface area contributed by atoms with Crippen LogP contribution in [-0.4, -0.2) is 12.1 Å². The van der Waals surface area contributed by atoms with E-state index in [1.165, 1.54) is 51.4 Å². The number of esters is 1. The maximum Gasteiger partial charge on any atom is 0.338 e. The van der Waals surface area contributed by atoms with Crippen LogP contribution in [0.4, 0.5) is 0 Å². The average Bonchev–Trinajstić information content (AvgIpc) is 2.68. The summed E-state index contributed by atoms with van der Waals surface area (Å²) in [4.78, 5) is 12.3. The molecule has 0 bridgehead atoms. The summed E-state index contributed by atoms with van der Waals surface area (Å²) in [6, 6.07) is 6.95. The van der Waals surface area contributed by atoms with E-state index in [-0.39, 0.29) is 12.1 Å². The zero-order valence-corrected chi connectivity index (χ0v) is 16.4. The summed E-state index contributed by atoms with van der Waals surface area (Å²) in [5.74, 6) is 2.43. The lowest BCUT2D eigenvalue weighted by molar-refractivity contribution is 0.0109. The van der Waals surface area contributed by atoms with Gasteiger partial charge in [-0.25, -0.2) is 4.79 Å². The van der Waals surface area contributed by atoms with Crippen molar-refractivity contribution in [3.05, 3.63) is 47.5 Å². The van der Waals surface area contributed by atoms with Crippen LogP contribution in [0.1, 0.15) is 74.6 Å². The van der Waals surface area contributed by atoms with Gasteiger partial charge in [0.2, 0.25) is 0 Å². The third-order valence-electron chi connectivity index (χ3n) is 6.41. The molecule has 0 spiro atoms. The molecular formula is C23H31ClO2. The van der Waals surface area contributed by atoms with E-state index in [1.54, 1.807) is 24.3 Å². The Balaban J connectivity index is 1.40. The van der Waals surface area contributed by atoms with Crippen molar-refractivity contribution >= 4 is 17.6 Å². The molecule has 0 radical (unpaired) electrons. The molecule has 2 aliphatic rings. The largest absolute Gasteiger partial charge is 0.459 e. The van der Waals surface area contributed by atoms with Gasteiger partial charge in [-0.15, -0.1) is 6.58 Å². The normalized spacial score (nSPS) is 29.1. The van der Waals surface area contributed by atoms with Gasteiger partial charge in [-0.3, -0.25) is 0 Å². The van der Waals surface area contributed by atoms with Crippen molar-refractivity contribution in [2.45, 2.75) is 70.3 Å². The number of rotatable bonds is 6. The number of carbonyl (C=O) groups is 1. The predicted octanol–water partition coefficient (Wildman–Crippen LogP) is 6.83. The highest BCUT2D eigenvalue weighted by molar-refractivity contribution is 6.30. The SMILES string of the molecule is C=CCC[C@H]1CC[C@H](C2CCC(OC(=O)c3ccc(Cl)cc3)CC2)CC1. The first kappa shape index (κ1) is 19.5. The second-order valence-electron chi connectivity index (χ2n) is 8.10. The van der Waals surface area contributed by atoms with Gasteiger partial charge in [-0.2, -0.15) is 0 Å². The van der Waals surface area contributed by atoms with Gasteiger partial charge in [0.15, 0.2) is 0 Å². The fourth-order valence-electron chi connectivity index (χ4n) is 4.79. The zero-order chi connectivity index (χ0) is 18.4. The van der Waals surface area contributed by atoms with Gasteiger partial charge in [0.1, 0.15) is 6.10 Å². The van der Waals surface area contributed by atoms with Crippen LogP contribution in [0.5, 0.6) is 0 Å². The van der Waals surface area contributed by atoms with Crippen LogP contribution in [-0.2, 0) is 4.74 Å². The van der Waals surface area contributed by atoms with Crippen LogP contribution in [0.3, 0.4) is 0 Å². The third kappa shape index (κ3) is 5.36. The molecule has 1 aromatic rings. The van der Waals surface area contributed by atoms with Gasteiger partial charge in [-0.1, -0.05) is 30.5 Å². The lowest BCUT2D eigenvalue weighted by atomic mass is 9.70. The van der Waals surface area contributed by atoms with Crippen molar-refractivity contribution in [2.24, 2.45) is 17.8 Å². The molecule has 0 atom stereocenters. The number of benzene rings is 1. The van der Waals surface area contributed by atoms with Gasteiger partial charge in [-0.05, 0) is 93.4 Å². The summed E-state index contributed by atoms with van der Waals surface area (Å²) < 4.78 is 5.72. The lowest BCUT2D eigenvalue weighted by Crippen LogP contribution is -2.29. The number of halogens is 1. The summed E-state index contributed by atoms with van der Waals surface area (Å²) in [7, 11) is 0. The van der Waals surface area contributed by atoms with Gasteiger partial charge in [0.05, 0.1) is 5.56 Å². The highest BCUT2D eigenvalue weighted by atomic mass is 35.5. The van der Waals surface area contributed by atoms with Crippen molar-refractivity contribution in [1.29, 1.82) is 0 Å². The lowest BCUT2D eigenvalue weighted by Gasteiger charge is -2.37. The van der Waals surface area contributed by atoms with Crippen LogP contribution >= 0.6 is 11.6 Å². The Bertz CT molecular complexity index is 579. The maximum atomic E-state index is 12.3. The Labute approximate surface area is 163 Å². The fraction of sp³-hybridized carbons (Fsp3) is 0.609. The zero-order valence-electron chi connectivity index (χ0n) is 15.7. The molecule has 2 aliphatic carbocycles. The molecule has 1 aromatic carbocycles. The summed E-state index contributed by atoms with van der Waals surface area (Å²) in [6.45, 7) is 3.84. The number of carbonyl (C=O) groups excluding carboxylic acids is 1. The summed E-state index contributed by atoms with van der Waals surface area (Å²) in [5, 5.41) is 0.640. The number of hydrogen-bond donors (Lipinski definition) is 0. The van der Waals surface area contributed by atoms with Gasteiger partial charge < -0.3 is 4.74 Å². The van der Waals surface area contributed by atoms with Crippen LogP contribution in [0.2, 0.25) is 5.02 Å². The predicted molar refractivity (Wildman–Crippen MR) is 107 cm³/mol. The molecule has 0 unspecified atom stereocenters. The molecule has 0 amide bonds. The van der Waals surface area contributed by atoms with Crippen LogP contribution in [0, 0.1) is 17.8 Å². The molecule has 0 aliphatic heterocycles. The van der Waals surface area contributed by atoms with Crippen molar-refractivity contribution in [1.82, 2.24) is 0 Å². The van der Waals surface area contributed by atoms with E-state index in [1.807, 2.05) is 0 Å². The second kappa shape index (κ2) is 9.60. The Morgan fingerprint density at radius 3 is 2.15 bits per heavy atom. The van der Waals surface area contributed by atoms with E-state index < -0.39 is 0 Å². The number of hydrogen-bond acceptors (Lipinski definition) is 2. The molecule has 0 aromatic heterocycles. The number of ether oxygens (including phenoxy) is 1. The second-order valence-corrected chi connectivity index (χ2v) is 8.53. The van der Waals surface area contributed by atoms with Gasteiger partial charge in [0, 0.05) is 5.02 Å². The van der Waals surface area contributed by atoms with Crippen molar-refractivity contribution < 1.29 is 9.53 Å². The monoisotopic (exact) mass is 374 g/mol. The first-order chi connectivity index (χ1) is 12.7. The minimum absolute atomic E-state index is 0.0818. The molecule has 3 heteroatoms. The Morgan fingerprint density at radius 1 is 1.00 bits per heavy atom. The maximum absolute atomic E-state index is 12.3. The summed E-state index contributed by atoms with van der Waals surface area (Å²) in [6.07, 6.45) is 14.6. The quantitative estimate of drug-likeness (QED) is 0.403. The van der Waals surface area contributed by atoms with E-state index in [0.717, 1.165) is 30.6 Å². The summed E-state index contributed by atoms with van der Waals surface area (Å²) >= 11 is 5.88. The molecular weight excluding hydrogens is 344 g/mol. The fourth-order valence-corrected chi connectivity index (χ4v) is 4.91. The first-order valence-corrected chi connectivity index (χ1v) is 10.6. The first-order valence-electron chi connectivity index (χ1n) is 10.2. The van der Waals surface area contributed by atoms with Gasteiger partial charge in [0.25, 0.3) is 0 Å². The van der Waals surface area contributed by atoms with Crippen molar-refractivity contribution in [2.75, 3.05) is 0 Å². The Hall–Kier alpha value is -1.28. The van der Waals surface area contributed by atoms with Crippen LogP contribution in [0.25, 0.3) is 0 Å². The molecule has 2 fully saturated rings. The topological polar surface area (TPSA) is 26.3 Å².